The topological polar surface area (TPSA) is 76.1 Å². The number of nitrogens with zero attached hydrogens (tertiary/aromatic N) is 2. The minimum absolute atomic E-state index is 0.239. The maximum atomic E-state index is 11.0. The molecule has 0 bridgehead atoms. The third kappa shape index (κ3) is 6.59. The molecule has 19 heavy (non-hydrogen) atoms. The zero-order valence-electron chi connectivity index (χ0n) is 11.8. The maximum absolute atomic E-state index is 11.0. The van der Waals surface area contributed by atoms with Crippen LogP contribution in [0.2, 0.25) is 0 Å². The average Bonchev–Trinajstić information content (AvgIpc) is 2.38. The first-order valence-electron chi connectivity index (χ1n) is 6.48. The lowest BCUT2D eigenvalue weighted by atomic mass is 10.1. The molecule has 106 valence electrons. The second-order valence-corrected chi connectivity index (χ2v) is 4.65. The molecule has 0 aromatic carbocycles. The van der Waals surface area contributed by atoms with E-state index >= 15 is 0 Å². The monoisotopic (exact) mass is 266 g/mol. The Morgan fingerprint density at radius 3 is 2.47 bits per heavy atom. The molecule has 6 nitrogen and oxygen atoms in total. The van der Waals surface area contributed by atoms with Gasteiger partial charge in [-0.25, -0.2) is 9.97 Å². The molecule has 2 N–H and O–H groups in total. The van der Waals surface area contributed by atoms with Crippen LogP contribution in [-0.2, 0) is 9.53 Å². The summed E-state index contributed by atoms with van der Waals surface area (Å²) in [5, 5.41) is 6.30. The van der Waals surface area contributed by atoms with E-state index in [-0.39, 0.29) is 5.97 Å². The third-order valence-electron chi connectivity index (χ3n) is 2.56. The minimum Gasteiger partial charge on any atom is -0.469 e. The van der Waals surface area contributed by atoms with E-state index in [4.69, 9.17) is 0 Å². The van der Waals surface area contributed by atoms with Gasteiger partial charge < -0.3 is 15.4 Å². The molecule has 0 aliphatic carbocycles. The molecule has 0 amide bonds. The van der Waals surface area contributed by atoms with Crippen molar-refractivity contribution < 1.29 is 9.53 Å². The predicted molar refractivity (Wildman–Crippen MR) is 75.1 cm³/mol. The summed E-state index contributed by atoms with van der Waals surface area (Å²) >= 11 is 0. The fourth-order valence-electron chi connectivity index (χ4n) is 1.43. The maximum Gasteiger partial charge on any atom is 0.307 e. The highest BCUT2D eigenvalue weighted by Gasteiger charge is 2.02. The number of anilines is 2. The Bertz CT molecular complexity index is 396. The number of aromatic nitrogens is 2. The van der Waals surface area contributed by atoms with Crippen LogP contribution in [-0.4, -0.2) is 36.1 Å². The van der Waals surface area contributed by atoms with Gasteiger partial charge in [0.15, 0.2) is 0 Å². The molecular formula is C13H22N4O2. The second-order valence-electron chi connectivity index (χ2n) is 4.65. The number of ether oxygens (including phenoxy) is 1. The zero-order valence-corrected chi connectivity index (χ0v) is 11.8. The van der Waals surface area contributed by atoms with Crippen LogP contribution >= 0.6 is 0 Å². The van der Waals surface area contributed by atoms with Crippen molar-refractivity contribution in [2.24, 2.45) is 5.92 Å². The van der Waals surface area contributed by atoms with Crippen LogP contribution < -0.4 is 10.6 Å². The Hall–Kier alpha value is -1.85. The SMILES string of the molecule is COC(=O)CCNc1cc(NCCC(C)C)ncn1. The van der Waals surface area contributed by atoms with E-state index in [1.807, 2.05) is 6.07 Å². The molecule has 0 radical (unpaired) electrons. The van der Waals surface area contributed by atoms with E-state index in [0.717, 1.165) is 18.8 Å². The van der Waals surface area contributed by atoms with Crippen molar-refractivity contribution >= 4 is 17.6 Å². The molecule has 0 fully saturated rings. The molecule has 0 aliphatic rings. The number of esters is 1. The summed E-state index contributed by atoms with van der Waals surface area (Å²) < 4.78 is 4.56. The summed E-state index contributed by atoms with van der Waals surface area (Å²) in [5.74, 6) is 1.91. The molecular weight excluding hydrogens is 244 g/mol. The molecule has 0 spiro atoms. The van der Waals surface area contributed by atoms with Crippen molar-refractivity contribution in [1.29, 1.82) is 0 Å². The molecule has 6 heteroatoms. The van der Waals surface area contributed by atoms with Gasteiger partial charge in [0, 0.05) is 19.2 Å². The van der Waals surface area contributed by atoms with Gasteiger partial charge in [-0.2, -0.15) is 0 Å². The molecule has 0 atom stereocenters. The van der Waals surface area contributed by atoms with Gasteiger partial charge >= 0.3 is 5.97 Å². The third-order valence-corrected chi connectivity index (χ3v) is 2.56. The Kier molecular flexibility index (Phi) is 6.63. The highest BCUT2D eigenvalue weighted by atomic mass is 16.5. The van der Waals surface area contributed by atoms with Crippen molar-refractivity contribution in [3.63, 3.8) is 0 Å². The van der Waals surface area contributed by atoms with Gasteiger partial charge in [0.25, 0.3) is 0 Å². The van der Waals surface area contributed by atoms with Crippen LogP contribution in [0.3, 0.4) is 0 Å². The van der Waals surface area contributed by atoms with Gasteiger partial charge in [-0.15, -0.1) is 0 Å². The van der Waals surface area contributed by atoms with E-state index < -0.39 is 0 Å². The molecule has 1 rings (SSSR count). The lowest BCUT2D eigenvalue weighted by Crippen LogP contribution is -2.11. The standard InChI is InChI=1S/C13H22N4O2/c1-10(2)4-6-14-11-8-12(17-9-16-11)15-7-5-13(18)19-3/h8-10H,4-7H2,1-3H3,(H2,14,15,16,17). The van der Waals surface area contributed by atoms with Crippen LogP contribution in [0.15, 0.2) is 12.4 Å². The van der Waals surface area contributed by atoms with Gasteiger partial charge in [-0.3, -0.25) is 4.79 Å². The lowest BCUT2D eigenvalue weighted by Gasteiger charge is -2.09. The number of carbonyl (C=O) groups excluding carboxylic acids is 1. The first-order chi connectivity index (χ1) is 9.11. The first-order valence-corrected chi connectivity index (χ1v) is 6.48. The molecule has 1 aromatic heterocycles. The van der Waals surface area contributed by atoms with Crippen LogP contribution in [0.5, 0.6) is 0 Å². The lowest BCUT2D eigenvalue weighted by molar-refractivity contribution is -0.140. The number of hydrogen-bond acceptors (Lipinski definition) is 6. The van der Waals surface area contributed by atoms with Crippen molar-refractivity contribution in [3.05, 3.63) is 12.4 Å². The van der Waals surface area contributed by atoms with Crippen LogP contribution in [0.4, 0.5) is 11.6 Å². The molecule has 0 saturated carbocycles. The van der Waals surface area contributed by atoms with Gasteiger partial charge in [-0.1, -0.05) is 13.8 Å². The molecule has 0 unspecified atom stereocenters. The number of nitrogens with one attached hydrogen (secondary N) is 2. The quantitative estimate of drug-likeness (QED) is 0.700. The van der Waals surface area contributed by atoms with E-state index in [0.29, 0.717) is 24.7 Å². The Morgan fingerprint density at radius 1 is 1.26 bits per heavy atom. The van der Waals surface area contributed by atoms with E-state index in [2.05, 4.69) is 39.2 Å². The molecule has 1 heterocycles. The summed E-state index contributed by atoms with van der Waals surface area (Å²) in [6, 6.07) is 1.83. The van der Waals surface area contributed by atoms with Gasteiger partial charge in [0.2, 0.25) is 0 Å². The normalized spacial score (nSPS) is 10.3. The summed E-state index contributed by atoms with van der Waals surface area (Å²) in [6.45, 7) is 5.74. The number of rotatable bonds is 8. The van der Waals surface area contributed by atoms with Crippen LogP contribution in [0.1, 0.15) is 26.7 Å². The molecule has 0 aliphatic heterocycles. The zero-order chi connectivity index (χ0) is 14.1. The Labute approximate surface area is 114 Å². The van der Waals surface area contributed by atoms with Gasteiger partial charge in [0.05, 0.1) is 13.5 Å². The van der Waals surface area contributed by atoms with Crippen molar-refractivity contribution in [1.82, 2.24) is 9.97 Å². The summed E-state index contributed by atoms with van der Waals surface area (Å²) in [4.78, 5) is 19.2. The summed E-state index contributed by atoms with van der Waals surface area (Å²) in [5.41, 5.74) is 0. The molecule has 0 saturated heterocycles. The van der Waals surface area contributed by atoms with E-state index in [1.165, 1.54) is 13.4 Å². The number of methoxy groups -OCH3 is 1. The predicted octanol–water partition coefficient (Wildman–Crippen LogP) is 1.91. The highest BCUT2D eigenvalue weighted by Crippen LogP contribution is 2.09. The van der Waals surface area contributed by atoms with Crippen molar-refractivity contribution in [3.8, 4) is 0 Å². The summed E-state index contributed by atoms with van der Waals surface area (Å²) in [6.07, 6.45) is 2.91. The number of hydrogen-bond donors (Lipinski definition) is 2. The Morgan fingerprint density at radius 2 is 1.89 bits per heavy atom. The minimum atomic E-state index is -0.239. The Balaban J connectivity index is 2.37. The van der Waals surface area contributed by atoms with Crippen molar-refractivity contribution in [2.75, 3.05) is 30.8 Å². The van der Waals surface area contributed by atoms with E-state index in [1.54, 1.807) is 0 Å². The number of carbonyl (C=O) groups is 1. The first kappa shape index (κ1) is 15.2. The largest absolute Gasteiger partial charge is 0.469 e. The molecule has 1 aromatic rings. The van der Waals surface area contributed by atoms with Gasteiger partial charge in [0.1, 0.15) is 18.0 Å². The highest BCUT2D eigenvalue weighted by molar-refractivity contribution is 5.69. The fourth-order valence-corrected chi connectivity index (χ4v) is 1.43. The second kappa shape index (κ2) is 8.29. The summed E-state index contributed by atoms with van der Waals surface area (Å²) in [7, 11) is 1.38. The smallest absolute Gasteiger partial charge is 0.307 e. The average molecular weight is 266 g/mol. The van der Waals surface area contributed by atoms with Crippen LogP contribution in [0.25, 0.3) is 0 Å². The van der Waals surface area contributed by atoms with E-state index in [9.17, 15) is 4.79 Å². The van der Waals surface area contributed by atoms with Crippen LogP contribution in [0, 0.1) is 5.92 Å². The van der Waals surface area contributed by atoms with Crippen molar-refractivity contribution in [2.45, 2.75) is 26.7 Å². The fraction of sp³-hybridized carbons (Fsp3) is 0.615. The van der Waals surface area contributed by atoms with Gasteiger partial charge in [-0.05, 0) is 12.3 Å².